The molecule has 0 bridgehead atoms. The first kappa shape index (κ1) is 35.2. The quantitative estimate of drug-likeness (QED) is 0.0782. The van der Waals surface area contributed by atoms with Crippen molar-refractivity contribution in [2.24, 2.45) is 0 Å². The molecule has 1 heterocycles. The highest BCUT2D eigenvalue weighted by Crippen LogP contribution is 2.36. The van der Waals surface area contributed by atoms with Crippen LogP contribution in [0.15, 0.2) is 78.9 Å². The molecule has 0 saturated heterocycles. The highest BCUT2D eigenvalue weighted by atomic mass is 16.5. The van der Waals surface area contributed by atoms with Crippen molar-refractivity contribution >= 4 is 21.8 Å². The van der Waals surface area contributed by atoms with Gasteiger partial charge in [0.1, 0.15) is 28.6 Å². The third-order valence-corrected chi connectivity index (χ3v) is 9.15. The first-order chi connectivity index (χ1) is 23.6. The second-order valence-electron chi connectivity index (χ2n) is 12.3. The Kier molecular flexibility index (Phi) is 13.1. The number of unbranched alkanes of at least 4 members (excludes halogenated alkanes) is 1. The summed E-state index contributed by atoms with van der Waals surface area (Å²) < 4.78 is 21.5. The zero-order valence-electron chi connectivity index (χ0n) is 29.7. The van der Waals surface area contributed by atoms with Gasteiger partial charge in [0.15, 0.2) is 5.75 Å². The van der Waals surface area contributed by atoms with Crippen molar-refractivity contribution in [3.05, 3.63) is 78.9 Å². The van der Waals surface area contributed by atoms with Gasteiger partial charge in [-0.2, -0.15) is 0 Å². The third-order valence-electron chi connectivity index (χ3n) is 9.15. The zero-order valence-corrected chi connectivity index (χ0v) is 29.7. The summed E-state index contributed by atoms with van der Waals surface area (Å²) in [6.45, 7) is 19.5. The molecule has 7 nitrogen and oxygen atoms in total. The van der Waals surface area contributed by atoms with Crippen molar-refractivity contribution < 1.29 is 14.2 Å². The molecule has 0 radical (unpaired) electrons. The van der Waals surface area contributed by atoms with Crippen molar-refractivity contribution in [1.82, 2.24) is 19.4 Å². The number of imidazole rings is 1. The summed E-state index contributed by atoms with van der Waals surface area (Å²) in [6, 6.07) is 27.0. The maximum Gasteiger partial charge on any atom is 0.150 e. The molecule has 0 fully saturated rings. The summed E-state index contributed by atoms with van der Waals surface area (Å²) in [7, 11) is 0. The van der Waals surface area contributed by atoms with E-state index in [1.54, 1.807) is 0 Å². The first-order valence-corrected chi connectivity index (χ1v) is 18.1. The van der Waals surface area contributed by atoms with E-state index >= 15 is 0 Å². The lowest BCUT2D eigenvalue weighted by molar-refractivity contribution is 0.243. The number of aryl methyl sites for hydroxylation is 1. The molecule has 0 amide bonds. The van der Waals surface area contributed by atoms with Crippen molar-refractivity contribution in [3.8, 4) is 34.4 Å². The number of ether oxygens (including phenoxy) is 3. The molecule has 7 heteroatoms. The van der Waals surface area contributed by atoms with Crippen molar-refractivity contribution in [1.29, 1.82) is 0 Å². The van der Waals surface area contributed by atoms with Crippen LogP contribution in [0, 0.1) is 0 Å². The molecule has 5 aromatic rings. The van der Waals surface area contributed by atoms with Gasteiger partial charge in [0.05, 0.1) is 18.7 Å². The van der Waals surface area contributed by atoms with Crippen LogP contribution in [0.1, 0.15) is 60.3 Å². The number of benzene rings is 4. The molecule has 0 spiro atoms. The third kappa shape index (κ3) is 9.09. The predicted octanol–water partition coefficient (Wildman–Crippen LogP) is 9.67. The van der Waals surface area contributed by atoms with Crippen LogP contribution >= 0.6 is 0 Å². The van der Waals surface area contributed by atoms with Crippen LogP contribution in [0.5, 0.6) is 23.0 Å². The van der Waals surface area contributed by atoms with E-state index in [2.05, 4.69) is 104 Å². The number of hydrogen-bond donors (Lipinski definition) is 0. The maximum absolute atomic E-state index is 6.49. The fraction of sp³-hybridized carbons (Fsp3) is 0.439. The van der Waals surface area contributed by atoms with Crippen LogP contribution in [0.2, 0.25) is 0 Å². The van der Waals surface area contributed by atoms with Gasteiger partial charge in [-0.3, -0.25) is 0 Å². The molecule has 48 heavy (non-hydrogen) atoms. The van der Waals surface area contributed by atoms with Crippen LogP contribution in [-0.2, 0) is 6.54 Å². The number of hydrogen-bond acceptors (Lipinski definition) is 6. The minimum absolute atomic E-state index is 0.634. The summed E-state index contributed by atoms with van der Waals surface area (Å²) in [6.07, 6.45) is 4.08. The zero-order chi connectivity index (χ0) is 33.7. The molecule has 256 valence electrons. The highest BCUT2D eigenvalue weighted by Gasteiger charge is 2.19. The number of nitrogens with zero attached hydrogens (tertiary/aromatic N) is 4. The lowest BCUT2D eigenvalue weighted by atomic mass is 10.1. The molecule has 0 aliphatic rings. The highest BCUT2D eigenvalue weighted by molar-refractivity contribution is 5.88. The molecule has 4 aromatic carbocycles. The monoisotopic (exact) mass is 650 g/mol. The Hall–Kier alpha value is -4.07. The van der Waals surface area contributed by atoms with Gasteiger partial charge in [-0.15, -0.1) is 0 Å². The summed E-state index contributed by atoms with van der Waals surface area (Å²) in [5.41, 5.74) is 2.98. The summed E-state index contributed by atoms with van der Waals surface area (Å²) in [5, 5.41) is 2.36. The van der Waals surface area contributed by atoms with Gasteiger partial charge < -0.3 is 28.6 Å². The Balaban J connectivity index is 1.42. The van der Waals surface area contributed by atoms with Gasteiger partial charge >= 0.3 is 0 Å². The van der Waals surface area contributed by atoms with Crippen molar-refractivity contribution in [2.45, 2.75) is 66.8 Å². The Bertz CT molecular complexity index is 1710. The average molecular weight is 651 g/mol. The van der Waals surface area contributed by atoms with Crippen molar-refractivity contribution in [3.63, 3.8) is 0 Å². The molecule has 0 aliphatic heterocycles. The van der Waals surface area contributed by atoms with Gasteiger partial charge in [-0.05, 0) is 92.6 Å². The smallest absolute Gasteiger partial charge is 0.150 e. The van der Waals surface area contributed by atoms with E-state index in [1.165, 1.54) is 5.39 Å². The Labute approximate surface area is 287 Å². The summed E-state index contributed by atoms with van der Waals surface area (Å²) in [4.78, 5) is 10.1. The van der Waals surface area contributed by atoms with Gasteiger partial charge in [0.25, 0.3) is 0 Å². The minimum Gasteiger partial charge on any atom is -0.493 e. The normalized spacial score (nSPS) is 11.6. The maximum atomic E-state index is 6.49. The summed E-state index contributed by atoms with van der Waals surface area (Å²) in [5.74, 6) is 4.18. The minimum atomic E-state index is 0.634. The van der Waals surface area contributed by atoms with Crippen LogP contribution < -0.4 is 14.2 Å². The molecule has 0 N–H and O–H groups in total. The predicted molar refractivity (Wildman–Crippen MR) is 200 cm³/mol. The van der Waals surface area contributed by atoms with E-state index in [4.69, 9.17) is 19.2 Å². The molecule has 0 atom stereocenters. The second kappa shape index (κ2) is 17.9. The fourth-order valence-electron chi connectivity index (χ4n) is 6.19. The lowest BCUT2D eigenvalue weighted by Gasteiger charge is -2.18. The Morgan fingerprint density at radius 2 is 1.27 bits per heavy atom. The van der Waals surface area contributed by atoms with Gasteiger partial charge in [0.2, 0.25) is 0 Å². The summed E-state index contributed by atoms with van der Waals surface area (Å²) >= 11 is 0. The van der Waals surface area contributed by atoms with Gasteiger partial charge in [0, 0.05) is 37.3 Å². The largest absolute Gasteiger partial charge is 0.493 e. The number of rotatable bonds is 20. The van der Waals surface area contributed by atoms with Crippen LogP contribution in [0.25, 0.3) is 33.2 Å². The first-order valence-electron chi connectivity index (χ1n) is 18.1. The van der Waals surface area contributed by atoms with Crippen molar-refractivity contribution in [2.75, 3.05) is 52.5 Å². The van der Waals surface area contributed by atoms with Crippen LogP contribution in [0.4, 0.5) is 0 Å². The van der Waals surface area contributed by atoms with Crippen LogP contribution in [-0.4, -0.2) is 71.8 Å². The number of aromatic nitrogens is 2. The van der Waals surface area contributed by atoms with E-state index in [9.17, 15) is 0 Å². The van der Waals surface area contributed by atoms with Gasteiger partial charge in [-0.1, -0.05) is 71.4 Å². The van der Waals surface area contributed by atoms with Crippen LogP contribution in [0.3, 0.4) is 0 Å². The molecule has 0 aliphatic carbocycles. The molecule has 0 saturated carbocycles. The van der Waals surface area contributed by atoms with E-state index in [1.807, 2.05) is 24.3 Å². The lowest BCUT2D eigenvalue weighted by Crippen LogP contribution is -2.25. The number of fused-ring (bicyclic) bond motifs is 2. The Morgan fingerprint density at radius 1 is 0.625 bits per heavy atom. The second-order valence-corrected chi connectivity index (χ2v) is 12.3. The molecule has 5 rings (SSSR count). The van der Waals surface area contributed by atoms with E-state index in [0.29, 0.717) is 13.2 Å². The average Bonchev–Trinajstić information content (AvgIpc) is 3.49. The molecule has 0 unspecified atom stereocenters. The van der Waals surface area contributed by atoms with Gasteiger partial charge in [-0.25, -0.2) is 4.98 Å². The van der Waals surface area contributed by atoms with E-state index in [0.717, 1.165) is 122 Å². The molecule has 1 aromatic heterocycles. The SMILES string of the molecule is CCCCn1c(-c2ccc(Oc3ccc4ccccc4c3)cc2)nc2c(OCCCN(CC)CC)cc(OCCCN(CC)CC)cc21. The van der Waals surface area contributed by atoms with E-state index in [-0.39, 0.29) is 0 Å². The standard InChI is InChI=1S/C41H54N4O3/c1-6-11-26-45-38-30-37(46-27-14-24-43(7-2)8-3)31-39(47-28-15-25-44(9-4)10-5)40(38)42-41(45)33-19-21-35(22-20-33)48-36-23-18-32-16-12-13-17-34(32)29-36/h12-13,16-23,29-31H,6-11,14-15,24-28H2,1-5H3. The molecular formula is C41H54N4O3. The molecular weight excluding hydrogens is 596 g/mol. The van der Waals surface area contributed by atoms with E-state index < -0.39 is 0 Å². The Morgan fingerprint density at radius 3 is 1.94 bits per heavy atom. The fourth-order valence-corrected chi connectivity index (χ4v) is 6.19. The topological polar surface area (TPSA) is 52.0 Å².